The molecule has 1 aromatic carbocycles. The monoisotopic (exact) mass is 397 g/mol. The summed E-state index contributed by atoms with van der Waals surface area (Å²) in [5.74, 6) is 0.177. The Morgan fingerprint density at radius 2 is 2.04 bits per heavy atom. The Labute approximate surface area is 169 Å². The molecule has 0 spiro atoms. The van der Waals surface area contributed by atoms with E-state index in [1.54, 1.807) is 0 Å². The predicted molar refractivity (Wildman–Crippen MR) is 113 cm³/mol. The summed E-state index contributed by atoms with van der Waals surface area (Å²) in [4.78, 5) is 20.2. The first-order valence-corrected chi connectivity index (χ1v) is 10.7. The van der Waals surface area contributed by atoms with Crippen molar-refractivity contribution in [1.29, 1.82) is 0 Å². The van der Waals surface area contributed by atoms with Crippen LogP contribution >= 0.6 is 11.3 Å². The number of fused-ring (bicyclic) bond motifs is 1. The fourth-order valence-corrected chi connectivity index (χ4v) is 4.32. The summed E-state index contributed by atoms with van der Waals surface area (Å²) in [7, 11) is 0. The molecule has 3 heterocycles. The van der Waals surface area contributed by atoms with Gasteiger partial charge in [-0.25, -0.2) is 9.50 Å². The zero-order chi connectivity index (χ0) is 19.7. The maximum Gasteiger partial charge on any atom is 0.245 e. The molecule has 0 aliphatic carbocycles. The van der Waals surface area contributed by atoms with E-state index in [9.17, 15) is 4.79 Å². The maximum atomic E-state index is 12.7. The lowest BCUT2D eigenvalue weighted by molar-refractivity contribution is -0.128. The molecule has 2 aromatic heterocycles. The molecule has 28 heavy (non-hydrogen) atoms. The number of likely N-dealkylation sites (tertiary alicyclic amines) is 1. The van der Waals surface area contributed by atoms with E-state index >= 15 is 0 Å². The van der Waals surface area contributed by atoms with Crippen LogP contribution in [0.5, 0.6) is 0 Å². The smallest absolute Gasteiger partial charge is 0.245 e. The quantitative estimate of drug-likeness (QED) is 0.688. The number of nitrogens with zero attached hydrogens (tertiary/aromatic N) is 4. The van der Waals surface area contributed by atoms with Crippen molar-refractivity contribution in [2.45, 2.75) is 51.5 Å². The SMILES string of the molecule is CC(C)(C)c1cn2nc(NC3CCN(CCCc4ccccc4)C3=O)sc2n1. The fraction of sp³-hybridized carbons (Fsp3) is 0.476. The highest BCUT2D eigenvalue weighted by Crippen LogP contribution is 2.27. The van der Waals surface area contributed by atoms with E-state index in [1.165, 1.54) is 16.9 Å². The highest BCUT2D eigenvalue weighted by Gasteiger charge is 2.32. The third kappa shape index (κ3) is 4.04. The Bertz CT molecular complexity index is 925. The summed E-state index contributed by atoms with van der Waals surface area (Å²) in [6, 6.07) is 10.2. The van der Waals surface area contributed by atoms with Gasteiger partial charge in [-0.1, -0.05) is 62.4 Å². The molecule has 4 rings (SSSR count). The molecule has 6 nitrogen and oxygen atoms in total. The number of hydrogen-bond acceptors (Lipinski definition) is 5. The molecule has 7 heteroatoms. The number of amides is 1. The third-order valence-corrected chi connectivity index (χ3v) is 6.00. The first-order valence-electron chi connectivity index (χ1n) is 9.86. The van der Waals surface area contributed by atoms with Gasteiger partial charge in [-0.15, -0.1) is 5.10 Å². The van der Waals surface area contributed by atoms with Gasteiger partial charge in [0.05, 0.1) is 11.9 Å². The van der Waals surface area contributed by atoms with Crippen LogP contribution in [0.3, 0.4) is 0 Å². The van der Waals surface area contributed by atoms with Crippen molar-refractivity contribution >= 4 is 27.3 Å². The van der Waals surface area contributed by atoms with Gasteiger partial charge in [0, 0.05) is 18.5 Å². The summed E-state index contributed by atoms with van der Waals surface area (Å²) >= 11 is 1.50. The lowest BCUT2D eigenvalue weighted by Crippen LogP contribution is -2.34. The Kier molecular flexibility index (Phi) is 5.10. The number of aromatic nitrogens is 3. The molecule has 0 bridgehead atoms. The van der Waals surface area contributed by atoms with E-state index in [0.717, 1.165) is 48.1 Å². The summed E-state index contributed by atoms with van der Waals surface area (Å²) in [5, 5.41) is 8.64. The van der Waals surface area contributed by atoms with Gasteiger partial charge in [-0.05, 0) is 24.8 Å². The summed E-state index contributed by atoms with van der Waals surface area (Å²) < 4.78 is 1.81. The highest BCUT2D eigenvalue weighted by molar-refractivity contribution is 7.20. The van der Waals surface area contributed by atoms with Gasteiger partial charge >= 0.3 is 0 Å². The summed E-state index contributed by atoms with van der Waals surface area (Å²) in [6.45, 7) is 8.04. The Morgan fingerprint density at radius 1 is 1.25 bits per heavy atom. The Morgan fingerprint density at radius 3 is 2.75 bits per heavy atom. The zero-order valence-electron chi connectivity index (χ0n) is 16.7. The zero-order valence-corrected chi connectivity index (χ0v) is 17.5. The van der Waals surface area contributed by atoms with E-state index in [0.29, 0.717) is 0 Å². The van der Waals surface area contributed by atoms with Crippen LogP contribution in [-0.4, -0.2) is 44.5 Å². The first-order chi connectivity index (χ1) is 13.4. The summed E-state index contributed by atoms with van der Waals surface area (Å²) in [6.07, 6.45) is 4.79. The number of anilines is 1. The molecule has 3 aromatic rings. The number of nitrogens with one attached hydrogen (secondary N) is 1. The lowest BCUT2D eigenvalue weighted by Gasteiger charge is -2.16. The van der Waals surface area contributed by atoms with Crippen LogP contribution in [0.25, 0.3) is 4.96 Å². The average Bonchev–Trinajstić information content (AvgIpc) is 3.31. The lowest BCUT2D eigenvalue weighted by atomic mass is 9.93. The van der Waals surface area contributed by atoms with Gasteiger partial charge in [0.1, 0.15) is 6.04 Å². The molecule has 1 fully saturated rings. The van der Waals surface area contributed by atoms with Gasteiger partial charge in [-0.2, -0.15) is 0 Å². The second-order valence-corrected chi connectivity index (χ2v) is 9.37. The van der Waals surface area contributed by atoms with Gasteiger partial charge in [0.2, 0.25) is 16.0 Å². The molecule has 0 radical (unpaired) electrons. The van der Waals surface area contributed by atoms with Crippen LogP contribution in [0, 0.1) is 0 Å². The second-order valence-electron chi connectivity index (χ2n) is 8.41. The predicted octanol–water partition coefficient (Wildman–Crippen LogP) is 3.73. The van der Waals surface area contributed by atoms with Gasteiger partial charge in [0.25, 0.3) is 0 Å². The van der Waals surface area contributed by atoms with E-state index in [-0.39, 0.29) is 17.4 Å². The molecule has 1 atom stereocenters. The van der Waals surface area contributed by atoms with Crippen LogP contribution in [0.2, 0.25) is 0 Å². The third-order valence-electron chi connectivity index (χ3n) is 5.14. The number of rotatable bonds is 6. The highest BCUT2D eigenvalue weighted by atomic mass is 32.1. The molecule has 0 saturated carbocycles. The van der Waals surface area contributed by atoms with Crippen LogP contribution in [0.15, 0.2) is 36.5 Å². The Balaban J connectivity index is 1.32. The largest absolute Gasteiger partial charge is 0.348 e. The molecule has 1 amide bonds. The van der Waals surface area contributed by atoms with Crippen LogP contribution in [-0.2, 0) is 16.6 Å². The normalized spacial score (nSPS) is 17.6. The van der Waals surface area contributed by atoms with Crippen LogP contribution < -0.4 is 5.32 Å². The molecular weight excluding hydrogens is 370 g/mol. The van der Waals surface area contributed by atoms with Gasteiger partial charge in [-0.3, -0.25) is 4.79 Å². The van der Waals surface area contributed by atoms with Crippen molar-refractivity contribution in [2.75, 3.05) is 18.4 Å². The number of aryl methyl sites for hydroxylation is 1. The fourth-order valence-electron chi connectivity index (χ4n) is 3.48. The van der Waals surface area contributed by atoms with Crippen LogP contribution in [0.4, 0.5) is 5.13 Å². The van der Waals surface area contributed by atoms with Crippen molar-refractivity contribution in [2.24, 2.45) is 0 Å². The van der Waals surface area contributed by atoms with E-state index in [4.69, 9.17) is 0 Å². The molecule has 1 N–H and O–H groups in total. The molecule has 1 saturated heterocycles. The minimum atomic E-state index is -0.185. The standard InChI is InChI=1S/C21H27N5OS/c1-21(2,3)17-14-26-20(23-17)28-19(24-26)22-16-11-13-25(18(16)27)12-7-10-15-8-5-4-6-9-15/h4-6,8-9,14,16H,7,10-13H2,1-3H3,(H,22,24). The number of carbonyl (C=O) groups is 1. The minimum absolute atomic E-state index is 0.00266. The van der Waals surface area contributed by atoms with Crippen LogP contribution in [0.1, 0.15) is 44.9 Å². The number of benzene rings is 1. The van der Waals surface area contributed by atoms with Crippen molar-refractivity contribution in [3.05, 3.63) is 47.8 Å². The average molecular weight is 398 g/mol. The second kappa shape index (κ2) is 7.54. The summed E-state index contributed by atoms with van der Waals surface area (Å²) in [5.41, 5.74) is 2.35. The van der Waals surface area contributed by atoms with Gasteiger partial charge < -0.3 is 10.2 Å². The van der Waals surface area contributed by atoms with Crippen molar-refractivity contribution in [3.8, 4) is 0 Å². The molecule has 1 aliphatic rings. The van der Waals surface area contributed by atoms with Crippen molar-refractivity contribution < 1.29 is 4.79 Å². The molecule has 1 unspecified atom stereocenters. The molecular formula is C21H27N5OS. The van der Waals surface area contributed by atoms with Gasteiger partial charge in [0.15, 0.2) is 0 Å². The van der Waals surface area contributed by atoms with Crippen molar-refractivity contribution in [1.82, 2.24) is 19.5 Å². The van der Waals surface area contributed by atoms with Crippen molar-refractivity contribution in [3.63, 3.8) is 0 Å². The molecule has 1 aliphatic heterocycles. The maximum absolute atomic E-state index is 12.7. The number of carbonyl (C=O) groups excluding carboxylic acids is 1. The molecule has 148 valence electrons. The van der Waals surface area contributed by atoms with E-state index < -0.39 is 0 Å². The van der Waals surface area contributed by atoms with E-state index in [2.05, 4.69) is 60.4 Å². The first kappa shape index (κ1) is 18.9. The van der Waals surface area contributed by atoms with E-state index in [1.807, 2.05) is 21.7 Å². The number of hydrogen-bond donors (Lipinski definition) is 1. The minimum Gasteiger partial charge on any atom is -0.348 e. The Hall–Kier alpha value is -2.41. The number of imidazole rings is 1. The topological polar surface area (TPSA) is 62.5 Å².